The number of piperazine rings is 1. The number of hydrogen-bond donors (Lipinski definition) is 1. The number of nitrogens with zero attached hydrogens (tertiary/aromatic N) is 5. The quantitative estimate of drug-likeness (QED) is 0.671. The zero-order valence-corrected chi connectivity index (χ0v) is 16.9. The topological polar surface area (TPSA) is 79.0 Å². The van der Waals surface area contributed by atoms with Gasteiger partial charge < -0.3 is 14.6 Å². The maximum absolute atomic E-state index is 13.8. The van der Waals surface area contributed by atoms with Gasteiger partial charge in [0.1, 0.15) is 23.9 Å². The van der Waals surface area contributed by atoms with Crippen molar-refractivity contribution >= 4 is 11.0 Å². The molecule has 10 heteroatoms. The van der Waals surface area contributed by atoms with Crippen molar-refractivity contribution in [1.82, 2.24) is 24.8 Å². The third kappa shape index (κ3) is 4.47. The van der Waals surface area contributed by atoms with Crippen molar-refractivity contribution in [2.75, 3.05) is 39.3 Å². The van der Waals surface area contributed by atoms with Gasteiger partial charge in [-0.1, -0.05) is 0 Å². The average Bonchev–Trinajstić information content (AvgIpc) is 3.14. The molecule has 3 aromatic rings. The summed E-state index contributed by atoms with van der Waals surface area (Å²) in [5, 5.41) is 12.6. The lowest BCUT2D eigenvalue weighted by molar-refractivity contribution is -0.138. The summed E-state index contributed by atoms with van der Waals surface area (Å²) in [6.07, 6.45) is -3.05. The number of aromatic nitrogens is 3. The van der Waals surface area contributed by atoms with Crippen molar-refractivity contribution in [3.63, 3.8) is 0 Å². The van der Waals surface area contributed by atoms with Crippen molar-refractivity contribution in [3.8, 4) is 23.1 Å². The lowest BCUT2D eigenvalue weighted by atomic mass is 10.1. The van der Waals surface area contributed by atoms with Crippen molar-refractivity contribution in [1.29, 1.82) is 5.26 Å². The van der Waals surface area contributed by atoms with Gasteiger partial charge in [0.15, 0.2) is 5.69 Å². The molecule has 0 radical (unpaired) electrons. The minimum atomic E-state index is -4.59. The summed E-state index contributed by atoms with van der Waals surface area (Å²) in [5.74, 6) is -0.214. The number of nitriles is 1. The molecule has 0 spiro atoms. The summed E-state index contributed by atoms with van der Waals surface area (Å²) in [7, 11) is 1.75. The van der Waals surface area contributed by atoms with E-state index < -0.39 is 11.7 Å². The zero-order chi connectivity index (χ0) is 22.0. The normalized spacial score (nSPS) is 15.2. The second-order valence-electron chi connectivity index (χ2n) is 7.34. The van der Waals surface area contributed by atoms with Crippen LogP contribution in [0.3, 0.4) is 0 Å². The monoisotopic (exact) mass is 430 g/mol. The summed E-state index contributed by atoms with van der Waals surface area (Å²) < 4.78 is 48.5. The Hall–Kier alpha value is -3.16. The number of halogens is 3. The highest BCUT2D eigenvalue weighted by atomic mass is 19.4. The van der Waals surface area contributed by atoms with Gasteiger partial charge in [-0.05, 0) is 24.3 Å². The minimum absolute atomic E-state index is 0.0676. The minimum Gasteiger partial charge on any atom is -0.492 e. The fourth-order valence-electron chi connectivity index (χ4n) is 3.61. The predicted molar refractivity (Wildman–Crippen MR) is 108 cm³/mol. The van der Waals surface area contributed by atoms with Crippen molar-refractivity contribution in [2.24, 2.45) is 7.05 Å². The van der Waals surface area contributed by atoms with Gasteiger partial charge in [-0.25, -0.2) is 9.97 Å². The van der Waals surface area contributed by atoms with E-state index in [1.54, 1.807) is 17.7 Å². The maximum Gasteiger partial charge on any atom is 0.419 e. The fraction of sp³-hybridized carbons (Fsp3) is 0.381. The molecule has 4 rings (SSSR count). The molecule has 1 saturated heterocycles. The third-order valence-corrected chi connectivity index (χ3v) is 5.27. The largest absolute Gasteiger partial charge is 0.492 e. The van der Waals surface area contributed by atoms with Gasteiger partial charge in [-0.15, -0.1) is 0 Å². The second-order valence-corrected chi connectivity index (χ2v) is 7.34. The smallest absolute Gasteiger partial charge is 0.419 e. The summed E-state index contributed by atoms with van der Waals surface area (Å²) in [6.45, 7) is 4.14. The Morgan fingerprint density at radius 3 is 2.71 bits per heavy atom. The van der Waals surface area contributed by atoms with Gasteiger partial charge in [0.25, 0.3) is 0 Å². The summed E-state index contributed by atoms with van der Waals surface area (Å²) in [6, 6.07) is 7.46. The van der Waals surface area contributed by atoms with Crippen LogP contribution >= 0.6 is 0 Å². The van der Waals surface area contributed by atoms with Crippen LogP contribution in [0, 0.1) is 11.3 Å². The Balaban J connectivity index is 1.63. The Labute approximate surface area is 177 Å². The van der Waals surface area contributed by atoms with Gasteiger partial charge in [0, 0.05) is 45.3 Å². The van der Waals surface area contributed by atoms with Crippen LogP contribution in [0.15, 0.2) is 30.6 Å². The van der Waals surface area contributed by atoms with E-state index in [4.69, 9.17) is 4.74 Å². The van der Waals surface area contributed by atoms with E-state index in [0.29, 0.717) is 17.6 Å². The molecule has 1 aliphatic heterocycles. The predicted octanol–water partition coefficient (Wildman–Crippen LogP) is 2.81. The number of aryl methyl sites for hydroxylation is 1. The maximum atomic E-state index is 13.8. The highest BCUT2D eigenvalue weighted by Gasteiger charge is 2.35. The summed E-state index contributed by atoms with van der Waals surface area (Å²) >= 11 is 0. The van der Waals surface area contributed by atoms with E-state index in [1.165, 1.54) is 18.5 Å². The first-order valence-electron chi connectivity index (χ1n) is 9.86. The van der Waals surface area contributed by atoms with E-state index in [2.05, 4.69) is 20.2 Å². The number of imidazole rings is 1. The van der Waals surface area contributed by atoms with Crippen molar-refractivity contribution in [2.45, 2.75) is 6.18 Å². The molecule has 162 valence electrons. The molecule has 1 N–H and O–H groups in total. The van der Waals surface area contributed by atoms with E-state index in [0.717, 1.165) is 32.2 Å². The molecule has 0 bridgehead atoms. The zero-order valence-electron chi connectivity index (χ0n) is 16.9. The number of ether oxygens (including phenoxy) is 1. The van der Waals surface area contributed by atoms with Crippen LogP contribution in [-0.4, -0.2) is 58.8 Å². The van der Waals surface area contributed by atoms with Crippen molar-refractivity contribution < 1.29 is 17.9 Å². The lowest BCUT2D eigenvalue weighted by Crippen LogP contribution is -2.44. The van der Waals surface area contributed by atoms with E-state index in [9.17, 15) is 18.4 Å². The first kappa shape index (κ1) is 21.1. The van der Waals surface area contributed by atoms with E-state index >= 15 is 0 Å². The molecular formula is C21H21F3N6O. The van der Waals surface area contributed by atoms with Gasteiger partial charge in [-0.2, -0.15) is 18.4 Å². The SMILES string of the molecule is Cn1cnc2c(C#N)nc(-c3ccc(OCCN4CCNCC4)c(C(F)(F)F)c3)cc21. The van der Waals surface area contributed by atoms with Gasteiger partial charge in [0.2, 0.25) is 0 Å². The molecule has 3 heterocycles. The van der Waals surface area contributed by atoms with Gasteiger partial charge in [-0.3, -0.25) is 4.90 Å². The van der Waals surface area contributed by atoms with E-state index in [1.807, 2.05) is 6.07 Å². The van der Waals surface area contributed by atoms with Crippen LogP contribution in [0.4, 0.5) is 13.2 Å². The Morgan fingerprint density at radius 2 is 2.00 bits per heavy atom. The van der Waals surface area contributed by atoms with Crippen LogP contribution in [0.2, 0.25) is 0 Å². The van der Waals surface area contributed by atoms with Gasteiger partial charge >= 0.3 is 6.18 Å². The molecule has 31 heavy (non-hydrogen) atoms. The number of rotatable bonds is 5. The van der Waals surface area contributed by atoms with Crippen LogP contribution in [0.1, 0.15) is 11.3 Å². The fourth-order valence-corrected chi connectivity index (χ4v) is 3.61. The highest BCUT2D eigenvalue weighted by Crippen LogP contribution is 2.39. The number of nitrogens with one attached hydrogen (secondary N) is 1. The number of fused-ring (bicyclic) bond motifs is 1. The molecule has 1 aromatic carbocycles. The van der Waals surface area contributed by atoms with Gasteiger partial charge in [0.05, 0.1) is 23.1 Å². The summed E-state index contributed by atoms with van der Waals surface area (Å²) in [5.41, 5.74) is 0.754. The molecular weight excluding hydrogens is 409 g/mol. The molecule has 0 amide bonds. The molecule has 1 aliphatic rings. The van der Waals surface area contributed by atoms with Crippen LogP contribution in [0.5, 0.6) is 5.75 Å². The standard InChI is InChI=1S/C21H21F3N6O/c1-29-13-27-20-17(12-25)28-16(11-18(20)29)14-2-3-19(15(10-14)21(22,23)24)31-9-8-30-6-4-26-5-7-30/h2-3,10-11,13,26H,4-9H2,1H3. The molecule has 7 nitrogen and oxygen atoms in total. The molecule has 1 fully saturated rings. The Bertz CT molecular complexity index is 1130. The number of hydrogen-bond acceptors (Lipinski definition) is 6. The molecule has 0 aliphatic carbocycles. The average molecular weight is 430 g/mol. The Morgan fingerprint density at radius 1 is 1.23 bits per heavy atom. The molecule has 0 atom stereocenters. The van der Waals surface area contributed by atoms with Crippen LogP contribution < -0.4 is 10.1 Å². The molecule has 0 unspecified atom stereocenters. The lowest BCUT2D eigenvalue weighted by Gasteiger charge is -2.27. The number of benzene rings is 1. The highest BCUT2D eigenvalue weighted by molar-refractivity contribution is 5.84. The van der Waals surface area contributed by atoms with Crippen LogP contribution in [0.25, 0.3) is 22.3 Å². The second kappa shape index (κ2) is 8.53. The van der Waals surface area contributed by atoms with E-state index in [-0.39, 0.29) is 29.3 Å². The summed E-state index contributed by atoms with van der Waals surface area (Å²) in [4.78, 5) is 10.5. The molecule has 0 saturated carbocycles. The first-order chi connectivity index (χ1) is 14.9. The Kier molecular flexibility index (Phi) is 5.80. The number of pyridine rings is 1. The third-order valence-electron chi connectivity index (χ3n) is 5.27. The first-order valence-corrected chi connectivity index (χ1v) is 9.86. The number of alkyl halides is 3. The van der Waals surface area contributed by atoms with Crippen molar-refractivity contribution in [3.05, 3.63) is 41.9 Å². The molecule has 2 aromatic heterocycles. The van der Waals surface area contributed by atoms with Crippen LogP contribution in [-0.2, 0) is 13.2 Å².